The second-order valence-corrected chi connectivity index (χ2v) is 8.11. The van der Waals surface area contributed by atoms with Crippen LogP contribution in [-0.4, -0.2) is 14.6 Å². The molecule has 2 aromatic carbocycles. The molecule has 1 aromatic heterocycles. The lowest BCUT2D eigenvalue weighted by Gasteiger charge is -2.17. The third-order valence-corrected chi connectivity index (χ3v) is 6.12. The summed E-state index contributed by atoms with van der Waals surface area (Å²) in [5.41, 5.74) is -1.66. The smallest absolute Gasteiger partial charge is 0.294 e. The van der Waals surface area contributed by atoms with E-state index < -0.39 is 33.9 Å². The fourth-order valence-corrected chi connectivity index (χ4v) is 4.25. The molecule has 0 fully saturated rings. The van der Waals surface area contributed by atoms with Gasteiger partial charge in [-0.05, 0) is 62.4 Å². The summed E-state index contributed by atoms with van der Waals surface area (Å²) in [6.07, 6.45) is -4.63. The first-order valence-electron chi connectivity index (χ1n) is 9.91. The summed E-state index contributed by atoms with van der Waals surface area (Å²) in [5.74, 6) is -0.608. The Morgan fingerprint density at radius 3 is 2.18 bits per heavy atom. The van der Waals surface area contributed by atoms with Gasteiger partial charge in [-0.1, -0.05) is 19.9 Å². The summed E-state index contributed by atoms with van der Waals surface area (Å²) in [6.45, 7) is 6.60. The molecule has 0 radical (unpaired) electrons. The second-order valence-electron chi connectivity index (χ2n) is 6.66. The van der Waals surface area contributed by atoms with Crippen molar-refractivity contribution in [2.45, 2.75) is 43.7 Å². The van der Waals surface area contributed by atoms with Crippen molar-refractivity contribution in [2.75, 3.05) is 0 Å². The lowest BCUT2D eigenvalue weighted by molar-refractivity contribution is -0.137. The highest BCUT2D eigenvalue weighted by molar-refractivity contribution is 7.85. The Labute approximate surface area is 191 Å². The van der Waals surface area contributed by atoms with Crippen LogP contribution in [0.3, 0.4) is 0 Å². The molecular weight excluding hydrogens is 453 g/mol. The first-order chi connectivity index (χ1) is 15.5. The number of halogens is 3. The van der Waals surface area contributed by atoms with Gasteiger partial charge in [0.05, 0.1) is 38.5 Å². The lowest BCUT2D eigenvalue weighted by Crippen LogP contribution is -2.28. The largest absolute Gasteiger partial charge is 0.416 e. The number of carbonyl (C=O) groups excluding carboxylic acids is 1. The molecule has 0 bridgehead atoms. The maximum Gasteiger partial charge on any atom is 0.416 e. The van der Waals surface area contributed by atoms with Crippen LogP contribution in [0.1, 0.15) is 48.0 Å². The zero-order valence-corrected chi connectivity index (χ0v) is 19.2. The first kappa shape index (κ1) is 25.7. The van der Waals surface area contributed by atoms with Crippen molar-refractivity contribution in [3.8, 4) is 11.8 Å². The molecule has 1 atom stereocenters. The fourth-order valence-electron chi connectivity index (χ4n) is 3.03. The third-order valence-electron chi connectivity index (χ3n) is 4.61. The Hall–Kier alpha value is -3.51. The van der Waals surface area contributed by atoms with Crippen molar-refractivity contribution in [2.24, 2.45) is 0 Å². The maximum absolute atomic E-state index is 13.2. The van der Waals surface area contributed by atoms with Gasteiger partial charge >= 0.3 is 6.18 Å². The first-order valence-corrected chi connectivity index (χ1v) is 11.1. The molecule has 0 aliphatic heterocycles. The number of ketones is 1. The monoisotopic (exact) mass is 474 g/mol. The molecule has 0 amide bonds. The van der Waals surface area contributed by atoms with E-state index in [0.29, 0.717) is 10.5 Å². The summed E-state index contributed by atoms with van der Waals surface area (Å²) in [7, 11) is -1.85. The van der Waals surface area contributed by atoms with Gasteiger partial charge in [0.1, 0.15) is 0 Å². The van der Waals surface area contributed by atoms with Gasteiger partial charge in [-0.25, -0.2) is 4.21 Å². The molecule has 0 aliphatic rings. The van der Waals surface area contributed by atoms with E-state index in [1.807, 2.05) is 19.9 Å². The Bertz CT molecular complexity index is 1300. The highest BCUT2D eigenvalue weighted by Crippen LogP contribution is 2.31. The van der Waals surface area contributed by atoms with E-state index in [1.165, 1.54) is 43.3 Å². The molecule has 172 valence electrons. The van der Waals surface area contributed by atoms with Gasteiger partial charge < -0.3 is 0 Å². The summed E-state index contributed by atoms with van der Waals surface area (Å²) < 4.78 is 53.7. The van der Waals surface area contributed by atoms with E-state index in [-0.39, 0.29) is 21.8 Å². The van der Waals surface area contributed by atoms with Crippen molar-refractivity contribution >= 4 is 16.6 Å². The standard InChI is InChI=1S/C22H15F3N2O3S.C2H6/c1-13-20(31(30)18-8-6-15(12-26)7-9-18)11-19(14(2)28)21(29)27(13)17-5-3-4-16(10-17)22(23,24)25;1-2/h3-11H,1-2H3;1-2H3. The van der Waals surface area contributed by atoms with Crippen LogP contribution in [0.15, 0.2) is 69.2 Å². The zero-order chi connectivity index (χ0) is 24.9. The number of carbonyl (C=O) groups is 1. The molecule has 3 rings (SSSR count). The quantitative estimate of drug-likeness (QED) is 0.472. The van der Waals surface area contributed by atoms with E-state index in [4.69, 9.17) is 5.26 Å². The minimum absolute atomic E-state index is 0.0986. The Morgan fingerprint density at radius 1 is 1.06 bits per heavy atom. The molecule has 5 nitrogen and oxygen atoms in total. The van der Waals surface area contributed by atoms with E-state index in [9.17, 15) is 27.0 Å². The minimum atomic E-state index is -4.63. The summed E-state index contributed by atoms with van der Waals surface area (Å²) in [5, 5.41) is 8.92. The van der Waals surface area contributed by atoms with Gasteiger partial charge in [0, 0.05) is 16.3 Å². The van der Waals surface area contributed by atoms with Gasteiger partial charge in [0.2, 0.25) is 0 Å². The van der Waals surface area contributed by atoms with Crippen LogP contribution in [0.5, 0.6) is 0 Å². The predicted octanol–water partition coefficient (Wildman–Crippen LogP) is 5.43. The molecule has 0 saturated heterocycles. The number of benzene rings is 2. The Balaban J connectivity index is 0.00000187. The number of pyridine rings is 1. The molecule has 33 heavy (non-hydrogen) atoms. The van der Waals surface area contributed by atoms with Crippen LogP contribution in [0, 0.1) is 18.3 Å². The number of aromatic nitrogens is 1. The van der Waals surface area contributed by atoms with Crippen LogP contribution in [0.25, 0.3) is 5.69 Å². The number of nitriles is 1. The molecule has 3 aromatic rings. The third kappa shape index (κ3) is 5.46. The van der Waals surface area contributed by atoms with E-state index >= 15 is 0 Å². The number of hydrogen-bond donors (Lipinski definition) is 0. The van der Waals surface area contributed by atoms with E-state index in [0.717, 1.165) is 29.7 Å². The SMILES string of the molecule is CC.CC(=O)c1cc(S(=O)c2ccc(C#N)cc2)c(C)n(-c2cccc(C(F)(F)F)c2)c1=O. The summed E-state index contributed by atoms with van der Waals surface area (Å²) in [6, 6.07) is 13.2. The molecular formula is C24H21F3N2O3S. The molecule has 0 aliphatic carbocycles. The molecule has 9 heteroatoms. The second kappa shape index (κ2) is 10.4. The summed E-state index contributed by atoms with van der Waals surface area (Å²) in [4.78, 5) is 25.4. The number of rotatable bonds is 4. The van der Waals surface area contributed by atoms with Crippen LogP contribution in [0.4, 0.5) is 13.2 Å². The van der Waals surface area contributed by atoms with E-state index in [1.54, 1.807) is 0 Å². The van der Waals surface area contributed by atoms with Gasteiger partial charge in [-0.3, -0.25) is 14.2 Å². The number of hydrogen-bond acceptors (Lipinski definition) is 4. The Morgan fingerprint density at radius 2 is 1.67 bits per heavy atom. The minimum Gasteiger partial charge on any atom is -0.294 e. The molecule has 0 saturated carbocycles. The number of alkyl halides is 3. The van der Waals surface area contributed by atoms with Gasteiger partial charge in [0.25, 0.3) is 5.56 Å². The Kier molecular flexibility index (Phi) is 8.12. The van der Waals surface area contributed by atoms with Crippen LogP contribution >= 0.6 is 0 Å². The maximum atomic E-state index is 13.2. The van der Waals surface area contributed by atoms with Crippen molar-refractivity contribution in [3.05, 3.63) is 87.3 Å². The normalized spacial score (nSPS) is 11.7. The van der Waals surface area contributed by atoms with E-state index in [2.05, 4.69) is 0 Å². The zero-order valence-electron chi connectivity index (χ0n) is 18.4. The number of nitrogens with zero attached hydrogens (tertiary/aromatic N) is 2. The van der Waals surface area contributed by atoms with Gasteiger partial charge in [-0.15, -0.1) is 0 Å². The van der Waals surface area contributed by atoms with Gasteiger partial charge in [-0.2, -0.15) is 18.4 Å². The predicted molar refractivity (Wildman–Crippen MR) is 119 cm³/mol. The van der Waals surface area contributed by atoms with Crippen molar-refractivity contribution in [1.29, 1.82) is 5.26 Å². The van der Waals surface area contributed by atoms with Crippen molar-refractivity contribution < 1.29 is 22.2 Å². The van der Waals surface area contributed by atoms with Crippen LogP contribution < -0.4 is 5.56 Å². The van der Waals surface area contributed by atoms with Gasteiger partial charge in [0.15, 0.2) is 5.78 Å². The number of Topliss-reactive ketones (excluding diaryl/α,β-unsaturated/α-hetero) is 1. The fraction of sp³-hybridized carbons (Fsp3) is 0.208. The average Bonchev–Trinajstić information content (AvgIpc) is 2.79. The van der Waals surface area contributed by atoms with Crippen molar-refractivity contribution in [1.82, 2.24) is 4.57 Å². The van der Waals surface area contributed by atoms with Crippen LogP contribution in [0.2, 0.25) is 0 Å². The molecule has 0 N–H and O–H groups in total. The van der Waals surface area contributed by atoms with Crippen molar-refractivity contribution in [3.63, 3.8) is 0 Å². The molecule has 1 heterocycles. The molecule has 0 spiro atoms. The topological polar surface area (TPSA) is 79.9 Å². The highest BCUT2D eigenvalue weighted by Gasteiger charge is 2.31. The summed E-state index contributed by atoms with van der Waals surface area (Å²) >= 11 is 0. The lowest BCUT2D eigenvalue weighted by atomic mass is 10.1. The highest BCUT2D eigenvalue weighted by atomic mass is 32.2. The molecule has 1 unspecified atom stereocenters. The average molecular weight is 475 g/mol. The van der Waals surface area contributed by atoms with Crippen LogP contribution in [-0.2, 0) is 17.0 Å².